The molecule has 114 valence electrons. The van der Waals surface area contributed by atoms with E-state index in [9.17, 15) is 14.0 Å². The van der Waals surface area contributed by atoms with Gasteiger partial charge in [0.2, 0.25) is 0 Å². The number of rotatable bonds is 3. The van der Waals surface area contributed by atoms with Crippen LogP contribution in [0.3, 0.4) is 0 Å². The van der Waals surface area contributed by atoms with Crippen LogP contribution in [0.2, 0.25) is 0 Å². The largest absolute Gasteiger partial charge is 0.478 e. The van der Waals surface area contributed by atoms with E-state index >= 15 is 0 Å². The van der Waals surface area contributed by atoms with Crippen molar-refractivity contribution in [1.82, 2.24) is 9.80 Å². The van der Waals surface area contributed by atoms with Crippen LogP contribution in [0.1, 0.15) is 17.3 Å². The average molecular weight is 295 g/mol. The molecule has 2 N–H and O–H groups in total. The molecule has 1 aromatic carbocycles. The molecular formula is C14H18FN3O3. The Kier molecular flexibility index (Phi) is 4.74. The van der Waals surface area contributed by atoms with Gasteiger partial charge < -0.3 is 20.2 Å². The molecule has 0 saturated carbocycles. The molecule has 0 bridgehead atoms. The standard InChI is InChI=1S/C14H18FN3O3/c1-2-17-5-7-18(8-6-17)14(21)16-10-3-4-11(13(19)20)12(15)9-10/h3-4,9H,2,5-8H2,1H3,(H,16,21)(H,19,20). The van der Waals surface area contributed by atoms with Crippen LogP contribution in [0, 0.1) is 5.82 Å². The van der Waals surface area contributed by atoms with E-state index in [2.05, 4.69) is 17.1 Å². The van der Waals surface area contributed by atoms with Gasteiger partial charge in [-0.05, 0) is 24.7 Å². The van der Waals surface area contributed by atoms with Gasteiger partial charge in [-0.1, -0.05) is 6.92 Å². The predicted molar refractivity (Wildman–Crippen MR) is 76.1 cm³/mol. The molecule has 1 aliphatic heterocycles. The van der Waals surface area contributed by atoms with Crippen LogP contribution in [-0.4, -0.2) is 59.6 Å². The average Bonchev–Trinajstić information content (AvgIpc) is 2.47. The van der Waals surface area contributed by atoms with Crippen molar-refractivity contribution in [3.8, 4) is 0 Å². The first kappa shape index (κ1) is 15.2. The van der Waals surface area contributed by atoms with Crippen molar-refractivity contribution in [2.45, 2.75) is 6.92 Å². The molecule has 1 saturated heterocycles. The number of carboxylic acids is 1. The van der Waals surface area contributed by atoms with Crippen LogP contribution in [0.25, 0.3) is 0 Å². The van der Waals surface area contributed by atoms with Gasteiger partial charge in [0.1, 0.15) is 5.82 Å². The number of nitrogens with zero attached hydrogens (tertiary/aromatic N) is 2. The number of hydrogen-bond acceptors (Lipinski definition) is 3. The Hall–Kier alpha value is -2.15. The highest BCUT2D eigenvalue weighted by Crippen LogP contribution is 2.15. The minimum Gasteiger partial charge on any atom is -0.478 e. The molecular weight excluding hydrogens is 277 g/mol. The molecule has 2 rings (SSSR count). The molecule has 1 aromatic rings. The monoisotopic (exact) mass is 295 g/mol. The number of carbonyl (C=O) groups is 2. The molecule has 0 spiro atoms. The number of hydrogen-bond donors (Lipinski definition) is 2. The molecule has 0 unspecified atom stereocenters. The zero-order valence-electron chi connectivity index (χ0n) is 11.8. The third kappa shape index (κ3) is 3.69. The lowest BCUT2D eigenvalue weighted by atomic mass is 10.2. The summed E-state index contributed by atoms with van der Waals surface area (Å²) in [7, 11) is 0. The van der Waals surface area contributed by atoms with Gasteiger partial charge in [-0.3, -0.25) is 0 Å². The van der Waals surface area contributed by atoms with E-state index in [0.29, 0.717) is 13.1 Å². The summed E-state index contributed by atoms with van der Waals surface area (Å²) < 4.78 is 13.5. The van der Waals surface area contributed by atoms with Crippen molar-refractivity contribution in [2.75, 3.05) is 38.0 Å². The van der Waals surface area contributed by atoms with E-state index < -0.39 is 17.3 Å². The number of urea groups is 1. The topological polar surface area (TPSA) is 72.9 Å². The van der Waals surface area contributed by atoms with E-state index in [1.165, 1.54) is 6.07 Å². The van der Waals surface area contributed by atoms with E-state index in [4.69, 9.17) is 5.11 Å². The van der Waals surface area contributed by atoms with Crippen molar-refractivity contribution in [3.05, 3.63) is 29.6 Å². The van der Waals surface area contributed by atoms with Crippen LogP contribution in [0.4, 0.5) is 14.9 Å². The molecule has 7 heteroatoms. The van der Waals surface area contributed by atoms with Crippen LogP contribution in [-0.2, 0) is 0 Å². The summed E-state index contributed by atoms with van der Waals surface area (Å²) in [4.78, 5) is 26.7. The van der Waals surface area contributed by atoms with E-state index in [-0.39, 0.29) is 11.7 Å². The maximum Gasteiger partial charge on any atom is 0.338 e. The molecule has 1 fully saturated rings. The third-order valence-electron chi connectivity index (χ3n) is 3.56. The number of benzene rings is 1. The fourth-order valence-electron chi connectivity index (χ4n) is 2.24. The fourth-order valence-corrected chi connectivity index (χ4v) is 2.24. The van der Waals surface area contributed by atoms with Crippen LogP contribution >= 0.6 is 0 Å². The first-order valence-corrected chi connectivity index (χ1v) is 6.82. The van der Waals surface area contributed by atoms with Gasteiger partial charge in [-0.15, -0.1) is 0 Å². The normalized spacial score (nSPS) is 15.8. The summed E-state index contributed by atoms with van der Waals surface area (Å²) in [5.74, 6) is -2.20. The highest BCUT2D eigenvalue weighted by atomic mass is 19.1. The fraction of sp³-hybridized carbons (Fsp3) is 0.429. The van der Waals surface area contributed by atoms with Gasteiger partial charge >= 0.3 is 12.0 Å². The second kappa shape index (κ2) is 6.53. The Morgan fingerprint density at radius 1 is 1.29 bits per heavy atom. The minimum absolute atomic E-state index is 0.250. The summed E-state index contributed by atoms with van der Waals surface area (Å²) in [5.41, 5.74) is -0.162. The van der Waals surface area contributed by atoms with Crippen molar-refractivity contribution in [3.63, 3.8) is 0 Å². The number of halogens is 1. The number of nitrogens with one attached hydrogen (secondary N) is 1. The summed E-state index contributed by atoms with van der Waals surface area (Å²) in [6.07, 6.45) is 0. The lowest BCUT2D eigenvalue weighted by Crippen LogP contribution is -2.49. The quantitative estimate of drug-likeness (QED) is 0.890. The number of carboxylic acid groups (broad SMARTS) is 1. The summed E-state index contributed by atoms with van der Waals surface area (Å²) in [6.45, 7) is 5.90. The van der Waals surface area contributed by atoms with E-state index in [1.54, 1.807) is 4.90 Å². The van der Waals surface area contributed by atoms with Gasteiger partial charge in [0, 0.05) is 31.9 Å². The second-order valence-corrected chi connectivity index (χ2v) is 4.85. The molecule has 1 heterocycles. The highest BCUT2D eigenvalue weighted by molar-refractivity contribution is 5.91. The number of aromatic carboxylic acids is 1. The van der Waals surface area contributed by atoms with Gasteiger partial charge in [-0.25, -0.2) is 14.0 Å². The number of anilines is 1. The van der Waals surface area contributed by atoms with Gasteiger partial charge in [-0.2, -0.15) is 0 Å². The smallest absolute Gasteiger partial charge is 0.338 e. The van der Waals surface area contributed by atoms with Crippen molar-refractivity contribution in [2.24, 2.45) is 0 Å². The number of piperazine rings is 1. The van der Waals surface area contributed by atoms with Gasteiger partial charge in [0.05, 0.1) is 5.56 Å². The Labute approximate surface area is 122 Å². The predicted octanol–water partition coefficient (Wildman–Crippen LogP) is 1.69. The SMILES string of the molecule is CCN1CCN(C(=O)Nc2ccc(C(=O)O)c(F)c2)CC1. The Balaban J connectivity index is 1.97. The maximum absolute atomic E-state index is 13.5. The third-order valence-corrected chi connectivity index (χ3v) is 3.56. The van der Waals surface area contributed by atoms with E-state index in [0.717, 1.165) is 31.8 Å². The zero-order chi connectivity index (χ0) is 15.4. The molecule has 1 aliphatic rings. The van der Waals surface area contributed by atoms with E-state index in [1.807, 2.05) is 0 Å². The van der Waals surface area contributed by atoms with Gasteiger partial charge in [0.15, 0.2) is 0 Å². The minimum atomic E-state index is -1.33. The van der Waals surface area contributed by atoms with Crippen molar-refractivity contribution in [1.29, 1.82) is 0 Å². The first-order chi connectivity index (χ1) is 10.0. The summed E-state index contributed by atoms with van der Waals surface area (Å²) in [5, 5.41) is 11.3. The first-order valence-electron chi connectivity index (χ1n) is 6.82. The lowest BCUT2D eigenvalue weighted by molar-refractivity contribution is 0.0692. The number of carbonyl (C=O) groups excluding carboxylic acids is 1. The molecule has 0 aliphatic carbocycles. The Morgan fingerprint density at radius 2 is 1.95 bits per heavy atom. The molecule has 6 nitrogen and oxygen atoms in total. The van der Waals surface area contributed by atoms with Crippen molar-refractivity contribution >= 4 is 17.7 Å². The molecule has 0 atom stereocenters. The number of amides is 2. The molecule has 2 amide bonds. The number of likely N-dealkylation sites (N-methyl/N-ethyl adjacent to an activating group) is 1. The summed E-state index contributed by atoms with van der Waals surface area (Å²) >= 11 is 0. The van der Waals surface area contributed by atoms with Crippen LogP contribution < -0.4 is 5.32 Å². The Bertz CT molecular complexity index is 542. The highest BCUT2D eigenvalue weighted by Gasteiger charge is 2.20. The van der Waals surface area contributed by atoms with Crippen molar-refractivity contribution < 1.29 is 19.1 Å². The van der Waals surface area contributed by atoms with Gasteiger partial charge in [0.25, 0.3) is 0 Å². The molecule has 0 aromatic heterocycles. The summed E-state index contributed by atoms with van der Waals surface area (Å²) in [6, 6.07) is 3.24. The molecule has 0 radical (unpaired) electrons. The second-order valence-electron chi connectivity index (χ2n) is 4.85. The molecule has 21 heavy (non-hydrogen) atoms. The lowest BCUT2D eigenvalue weighted by Gasteiger charge is -2.33. The van der Waals surface area contributed by atoms with Crippen LogP contribution in [0.5, 0.6) is 0 Å². The maximum atomic E-state index is 13.5. The Morgan fingerprint density at radius 3 is 2.48 bits per heavy atom. The van der Waals surface area contributed by atoms with Crippen LogP contribution in [0.15, 0.2) is 18.2 Å². The zero-order valence-corrected chi connectivity index (χ0v) is 11.8.